The van der Waals surface area contributed by atoms with Gasteiger partial charge in [-0.05, 0) is 38.0 Å². The molecule has 6 nitrogen and oxygen atoms in total. The minimum atomic E-state index is -0.0889. The average molecular weight is 428 g/mol. The van der Waals surface area contributed by atoms with E-state index in [-0.39, 0.29) is 11.2 Å². The number of nitrogens with one attached hydrogen (secondary N) is 1. The van der Waals surface area contributed by atoms with Crippen molar-refractivity contribution in [3.8, 4) is 0 Å². The summed E-state index contributed by atoms with van der Waals surface area (Å²) in [6, 6.07) is 2.12. The molecule has 0 atom stereocenters. The maximum absolute atomic E-state index is 13.6. The zero-order chi connectivity index (χ0) is 22.0. The minimum absolute atomic E-state index is 0.0659. The molecule has 0 radical (unpaired) electrons. The normalized spacial score (nSPS) is 18.2. The lowest BCUT2D eigenvalue weighted by atomic mass is 9.91. The van der Waals surface area contributed by atoms with Crippen LogP contribution >= 0.6 is 0 Å². The van der Waals surface area contributed by atoms with E-state index in [9.17, 15) is 4.39 Å². The fraction of sp³-hybridized carbons (Fsp3) is 0.583. The third-order valence-corrected chi connectivity index (χ3v) is 6.01. The Morgan fingerprint density at radius 2 is 1.94 bits per heavy atom. The van der Waals surface area contributed by atoms with E-state index in [4.69, 9.17) is 14.8 Å². The zero-order valence-corrected chi connectivity index (χ0v) is 19.2. The van der Waals surface area contributed by atoms with Crippen LogP contribution in [0.3, 0.4) is 0 Å². The highest BCUT2D eigenvalue weighted by atomic mass is 19.1. The Morgan fingerprint density at radius 3 is 2.61 bits per heavy atom. The van der Waals surface area contributed by atoms with Crippen LogP contribution in [0.25, 0.3) is 11.2 Å². The molecule has 7 heteroatoms. The SMILES string of the molecule is Cc1nn2c(NCCCN3CCOCC3)cc(C(C)(C)C)nc2c1C1=CC=C(F)CC1. The lowest BCUT2D eigenvalue weighted by molar-refractivity contribution is 0.0378. The number of anilines is 1. The van der Waals surface area contributed by atoms with E-state index in [0.717, 1.165) is 79.8 Å². The number of hydrogen-bond donors (Lipinski definition) is 1. The molecule has 0 bridgehead atoms. The number of aryl methyl sites for hydroxylation is 1. The van der Waals surface area contributed by atoms with Gasteiger partial charge in [0.05, 0.1) is 24.6 Å². The first-order valence-electron chi connectivity index (χ1n) is 11.3. The second-order valence-corrected chi connectivity index (χ2v) is 9.51. The van der Waals surface area contributed by atoms with Gasteiger partial charge in [-0.2, -0.15) is 9.61 Å². The molecule has 2 aromatic rings. The van der Waals surface area contributed by atoms with Crippen molar-refractivity contribution in [1.29, 1.82) is 0 Å². The van der Waals surface area contributed by atoms with Crippen LogP contribution in [-0.4, -0.2) is 58.9 Å². The van der Waals surface area contributed by atoms with Gasteiger partial charge in [0.15, 0.2) is 5.65 Å². The molecule has 4 rings (SSSR count). The Morgan fingerprint density at radius 1 is 1.16 bits per heavy atom. The molecule has 1 fully saturated rings. The summed E-state index contributed by atoms with van der Waals surface area (Å²) in [6.07, 6.45) is 5.61. The van der Waals surface area contributed by atoms with Crippen LogP contribution in [0.5, 0.6) is 0 Å². The number of allylic oxidation sites excluding steroid dienone is 4. The molecule has 2 aromatic heterocycles. The fourth-order valence-corrected chi connectivity index (χ4v) is 4.17. The lowest BCUT2D eigenvalue weighted by Gasteiger charge is -2.26. The molecule has 1 saturated heterocycles. The third-order valence-electron chi connectivity index (χ3n) is 6.01. The maximum atomic E-state index is 13.6. The van der Waals surface area contributed by atoms with Crippen molar-refractivity contribution >= 4 is 17.0 Å². The van der Waals surface area contributed by atoms with Gasteiger partial charge in [-0.1, -0.05) is 26.8 Å². The molecule has 0 amide bonds. The molecule has 1 aliphatic heterocycles. The van der Waals surface area contributed by atoms with Gasteiger partial charge in [0, 0.05) is 43.1 Å². The van der Waals surface area contributed by atoms with E-state index in [1.54, 1.807) is 6.08 Å². The van der Waals surface area contributed by atoms with Gasteiger partial charge in [-0.25, -0.2) is 9.37 Å². The summed E-state index contributed by atoms with van der Waals surface area (Å²) in [7, 11) is 0. The number of nitrogens with zero attached hydrogens (tertiary/aromatic N) is 4. The van der Waals surface area contributed by atoms with E-state index < -0.39 is 0 Å². The van der Waals surface area contributed by atoms with E-state index in [1.165, 1.54) is 0 Å². The van der Waals surface area contributed by atoms with Crippen LogP contribution in [0.2, 0.25) is 0 Å². The van der Waals surface area contributed by atoms with Crippen LogP contribution in [0.1, 0.15) is 57.0 Å². The van der Waals surface area contributed by atoms with Crippen LogP contribution in [0.15, 0.2) is 24.0 Å². The number of morpholine rings is 1. The number of ether oxygens (including phenoxy) is 1. The van der Waals surface area contributed by atoms with Crippen molar-refractivity contribution in [1.82, 2.24) is 19.5 Å². The molecule has 3 heterocycles. The Labute approximate surface area is 184 Å². The maximum Gasteiger partial charge on any atom is 0.165 e. The molecule has 0 saturated carbocycles. The van der Waals surface area contributed by atoms with Crippen molar-refractivity contribution in [3.05, 3.63) is 41.0 Å². The van der Waals surface area contributed by atoms with Crippen molar-refractivity contribution in [2.75, 3.05) is 44.7 Å². The highest BCUT2D eigenvalue weighted by Gasteiger charge is 2.23. The fourth-order valence-electron chi connectivity index (χ4n) is 4.17. The van der Waals surface area contributed by atoms with E-state index >= 15 is 0 Å². The van der Waals surface area contributed by atoms with Crippen LogP contribution < -0.4 is 5.32 Å². The first-order chi connectivity index (χ1) is 14.8. The smallest absolute Gasteiger partial charge is 0.165 e. The topological polar surface area (TPSA) is 54.7 Å². The summed E-state index contributed by atoms with van der Waals surface area (Å²) in [6.45, 7) is 14.2. The summed E-state index contributed by atoms with van der Waals surface area (Å²) in [5.74, 6) is 0.897. The highest BCUT2D eigenvalue weighted by molar-refractivity contribution is 5.80. The predicted molar refractivity (Wildman–Crippen MR) is 123 cm³/mol. The number of halogens is 1. The van der Waals surface area contributed by atoms with Gasteiger partial charge in [0.25, 0.3) is 0 Å². The quantitative estimate of drug-likeness (QED) is 0.688. The minimum Gasteiger partial charge on any atom is -0.379 e. The largest absolute Gasteiger partial charge is 0.379 e. The van der Waals surface area contributed by atoms with E-state index in [1.807, 2.05) is 17.5 Å². The standard InChI is InChI=1S/C24H34FN5O/c1-17-22(18-6-8-19(25)9-7-18)23-27-20(24(2,3)4)16-21(30(23)28-17)26-10-5-11-29-12-14-31-15-13-29/h6,8,16,26H,5,7,9-15H2,1-4H3. The Balaban J connectivity index is 1.62. The van der Waals surface area contributed by atoms with Crippen molar-refractivity contribution in [2.45, 2.75) is 52.4 Å². The van der Waals surface area contributed by atoms with Gasteiger partial charge in [0.2, 0.25) is 0 Å². The van der Waals surface area contributed by atoms with Crippen molar-refractivity contribution in [2.24, 2.45) is 0 Å². The van der Waals surface area contributed by atoms with Gasteiger partial charge in [-0.15, -0.1) is 0 Å². The summed E-state index contributed by atoms with van der Waals surface area (Å²) in [4.78, 5) is 7.46. The molecule has 0 spiro atoms. The Hall–Kier alpha value is -2.25. The second kappa shape index (κ2) is 9.09. The first kappa shape index (κ1) is 22.0. The summed E-state index contributed by atoms with van der Waals surface area (Å²) in [5.41, 5.74) is 4.85. The van der Waals surface area contributed by atoms with Crippen molar-refractivity contribution < 1.29 is 9.13 Å². The van der Waals surface area contributed by atoms with Gasteiger partial charge >= 0.3 is 0 Å². The molecule has 0 aromatic carbocycles. The molecule has 0 unspecified atom stereocenters. The number of rotatable bonds is 6. The summed E-state index contributed by atoms with van der Waals surface area (Å²) in [5, 5.41) is 8.41. The molecule has 31 heavy (non-hydrogen) atoms. The number of fused-ring (bicyclic) bond motifs is 1. The Kier molecular flexibility index (Phi) is 6.44. The summed E-state index contributed by atoms with van der Waals surface area (Å²) < 4.78 is 20.9. The molecule has 1 N–H and O–H groups in total. The molecule has 1 aliphatic carbocycles. The highest BCUT2D eigenvalue weighted by Crippen LogP contribution is 2.34. The third kappa shape index (κ3) is 4.99. The summed E-state index contributed by atoms with van der Waals surface area (Å²) >= 11 is 0. The zero-order valence-electron chi connectivity index (χ0n) is 19.2. The monoisotopic (exact) mass is 427 g/mol. The lowest BCUT2D eigenvalue weighted by Crippen LogP contribution is -2.37. The number of hydrogen-bond acceptors (Lipinski definition) is 5. The van der Waals surface area contributed by atoms with Crippen LogP contribution in [0.4, 0.5) is 10.2 Å². The average Bonchev–Trinajstić information content (AvgIpc) is 3.08. The van der Waals surface area contributed by atoms with Crippen LogP contribution in [-0.2, 0) is 10.2 Å². The van der Waals surface area contributed by atoms with Gasteiger partial charge < -0.3 is 10.1 Å². The van der Waals surface area contributed by atoms with Crippen molar-refractivity contribution in [3.63, 3.8) is 0 Å². The molecule has 2 aliphatic rings. The molecular formula is C24H34FN5O. The first-order valence-corrected chi connectivity index (χ1v) is 11.3. The van der Waals surface area contributed by atoms with E-state index in [0.29, 0.717) is 12.8 Å². The molecular weight excluding hydrogens is 393 g/mol. The molecule has 168 valence electrons. The second-order valence-electron chi connectivity index (χ2n) is 9.51. The Bertz CT molecular complexity index is 996. The number of aromatic nitrogens is 3. The predicted octanol–water partition coefficient (Wildman–Crippen LogP) is 4.50. The van der Waals surface area contributed by atoms with Gasteiger partial charge in [-0.3, -0.25) is 4.90 Å². The van der Waals surface area contributed by atoms with Gasteiger partial charge in [0.1, 0.15) is 11.6 Å². The van der Waals surface area contributed by atoms with E-state index in [2.05, 4.69) is 37.1 Å². The van der Waals surface area contributed by atoms with Crippen LogP contribution in [0, 0.1) is 6.92 Å².